The van der Waals surface area contributed by atoms with Crippen molar-refractivity contribution in [1.82, 2.24) is 0 Å². The van der Waals surface area contributed by atoms with Crippen molar-refractivity contribution in [3.8, 4) is 28.4 Å². The summed E-state index contributed by atoms with van der Waals surface area (Å²) in [5, 5.41) is 9.24. The molecule has 0 saturated carbocycles. The fourth-order valence-corrected chi connectivity index (χ4v) is 2.26. The van der Waals surface area contributed by atoms with Crippen molar-refractivity contribution >= 4 is 5.97 Å². The number of hydrogen-bond acceptors (Lipinski definition) is 4. The molecule has 4 nitrogen and oxygen atoms in total. The number of benzene rings is 3. The summed E-state index contributed by atoms with van der Waals surface area (Å²) in [6, 6.07) is 20.9. The third-order valence-electron chi connectivity index (χ3n) is 3.59. The molecular formula is C20H16O4. The molecule has 0 aromatic heterocycles. The standard InChI is InChI=1S/C20H16O4/c1-23-18-10-4-14(5-11-18)15-6-12-19(13-7-15)24-20(22)16-2-8-17(21)9-3-16/h2-13,21H,1H3. The summed E-state index contributed by atoms with van der Waals surface area (Å²) in [6.07, 6.45) is 0. The van der Waals surface area contributed by atoms with E-state index in [1.165, 1.54) is 24.3 Å². The van der Waals surface area contributed by atoms with Crippen molar-refractivity contribution in [3.05, 3.63) is 78.4 Å². The lowest BCUT2D eigenvalue weighted by Gasteiger charge is -2.07. The molecule has 0 atom stereocenters. The number of carbonyl (C=O) groups excluding carboxylic acids is 1. The van der Waals surface area contributed by atoms with Gasteiger partial charge in [0.25, 0.3) is 0 Å². The van der Waals surface area contributed by atoms with Crippen molar-refractivity contribution in [2.75, 3.05) is 7.11 Å². The Labute approximate surface area is 139 Å². The second kappa shape index (κ2) is 6.87. The minimum Gasteiger partial charge on any atom is -0.508 e. The van der Waals surface area contributed by atoms with Gasteiger partial charge in [0.1, 0.15) is 17.2 Å². The highest BCUT2D eigenvalue weighted by molar-refractivity contribution is 5.91. The maximum absolute atomic E-state index is 12.0. The summed E-state index contributed by atoms with van der Waals surface area (Å²) < 4.78 is 10.5. The van der Waals surface area contributed by atoms with Crippen LogP contribution in [0.2, 0.25) is 0 Å². The predicted molar refractivity (Wildman–Crippen MR) is 91.5 cm³/mol. The molecular weight excluding hydrogens is 304 g/mol. The maximum Gasteiger partial charge on any atom is 0.343 e. The lowest BCUT2D eigenvalue weighted by Crippen LogP contribution is -2.07. The Morgan fingerprint density at radius 3 is 1.75 bits per heavy atom. The molecule has 3 aromatic carbocycles. The van der Waals surface area contributed by atoms with Crippen molar-refractivity contribution in [1.29, 1.82) is 0 Å². The molecule has 0 amide bonds. The van der Waals surface area contributed by atoms with Gasteiger partial charge in [-0.3, -0.25) is 0 Å². The van der Waals surface area contributed by atoms with Crippen molar-refractivity contribution < 1.29 is 19.4 Å². The molecule has 3 aromatic rings. The Balaban J connectivity index is 1.71. The van der Waals surface area contributed by atoms with Crippen molar-refractivity contribution in [3.63, 3.8) is 0 Å². The molecule has 0 aliphatic carbocycles. The summed E-state index contributed by atoms with van der Waals surface area (Å²) in [4.78, 5) is 12.0. The minimum atomic E-state index is -0.466. The highest BCUT2D eigenvalue weighted by atomic mass is 16.5. The Morgan fingerprint density at radius 2 is 1.25 bits per heavy atom. The van der Waals surface area contributed by atoms with E-state index in [4.69, 9.17) is 9.47 Å². The second-order valence-corrected chi connectivity index (χ2v) is 5.19. The van der Waals surface area contributed by atoms with E-state index in [-0.39, 0.29) is 5.75 Å². The average molecular weight is 320 g/mol. The molecule has 0 unspecified atom stereocenters. The van der Waals surface area contributed by atoms with E-state index < -0.39 is 5.97 Å². The number of carbonyl (C=O) groups is 1. The number of methoxy groups -OCH3 is 1. The summed E-state index contributed by atoms with van der Waals surface area (Å²) in [5.41, 5.74) is 2.45. The predicted octanol–water partition coefficient (Wildman–Crippen LogP) is 4.29. The lowest BCUT2D eigenvalue weighted by atomic mass is 10.1. The first-order chi connectivity index (χ1) is 11.7. The molecule has 4 heteroatoms. The highest BCUT2D eigenvalue weighted by Gasteiger charge is 2.08. The third kappa shape index (κ3) is 3.55. The fourth-order valence-electron chi connectivity index (χ4n) is 2.26. The zero-order valence-corrected chi connectivity index (χ0v) is 13.1. The van der Waals surface area contributed by atoms with Gasteiger partial charge < -0.3 is 14.6 Å². The van der Waals surface area contributed by atoms with Gasteiger partial charge in [-0.25, -0.2) is 4.79 Å². The molecule has 0 heterocycles. The lowest BCUT2D eigenvalue weighted by molar-refractivity contribution is 0.0735. The number of hydrogen-bond donors (Lipinski definition) is 1. The van der Waals surface area contributed by atoms with E-state index >= 15 is 0 Å². The molecule has 0 aliphatic heterocycles. The van der Waals surface area contributed by atoms with Crippen LogP contribution in [0.3, 0.4) is 0 Å². The van der Waals surface area contributed by atoms with E-state index in [0.29, 0.717) is 11.3 Å². The van der Waals surface area contributed by atoms with Crippen LogP contribution < -0.4 is 9.47 Å². The maximum atomic E-state index is 12.0. The van der Waals surface area contributed by atoms with E-state index in [0.717, 1.165) is 16.9 Å². The normalized spacial score (nSPS) is 10.2. The van der Waals surface area contributed by atoms with Crippen LogP contribution in [0.5, 0.6) is 17.2 Å². The van der Waals surface area contributed by atoms with Gasteiger partial charge in [-0.15, -0.1) is 0 Å². The van der Waals surface area contributed by atoms with Crippen molar-refractivity contribution in [2.24, 2.45) is 0 Å². The Bertz CT molecular complexity index is 819. The number of esters is 1. The van der Waals surface area contributed by atoms with Crippen LogP contribution in [0, 0.1) is 0 Å². The monoisotopic (exact) mass is 320 g/mol. The van der Waals surface area contributed by atoms with Gasteiger partial charge in [-0.05, 0) is 59.7 Å². The van der Waals surface area contributed by atoms with Crippen LogP contribution in [-0.4, -0.2) is 18.2 Å². The number of rotatable bonds is 4. The highest BCUT2D eigenvalue weighted by Crippen LogP contribution is 2.25. The number of ether oxygens (including phenoxy) is 2. The number of phenolic OH excluding ortho intramolecular Hbond substituents is 1. The van der Waals surface area contributed by atoms with Gasteiger partial charge in [0.15, 0.2) is 0 Å². The molecule has 0 radical (unpaired) electrons. The smallest absolute Gasteiger partial charge is 0.343 e. The second-order valence-electron chi connectivity index (χ2n) is 5.19. The van der Waals surface area contributed by atoms with Crippen LogP contribution in [-0.2, 0) is 0 Å². The number of phenols is 1. The molecule has 3 rings (SSSR count). The molecule has 0 saturated heterocycles. The van der Waals surface area contributed by atoms with Crippen LogP contribution in [0.4, 0.5) is 0 Å². The summed E-state index contributed by atoms with van der Waals surface area (Å²) in [5.74, 6) is 0.908. The molecule has 1 N–H and O–H groups in total. The van der Waals surface area contributed by atoms with Crippen LogP contribution in [0.1, 0.15) is 10.4 Å². The SMILES string of the molecule is COc1ccc(-c2ccc(OC(=O)c3ccc(O)cc3)cc2)cc1. The third-order valence-corrected chi connectivity index (χ3v) is 3.59. The van der Waals surface area contributed by atoms with E-state index in [9.17, 15) is 9.90 Å². The van der Waals surface area contributed by atoms with E-state index in [1.807, 2.05) is 36.4 Å². The zero-order valence-electron chi connectivity index (χ0n) is 13.1. The van der Waals surface area contributed by atoms with E-state index in [2.05, 4.69) is 0 Å². The van der Waals surface area contributed by atoms with Gasteiger partial charge in [0.2, 0.25) is 0 Å². The topological polar surface area (TPSA) is 55.8 Å². The van der Waals surface area contributed by atoms with Gasteiger partial charge >= 0.3 is 5.97 Å². The summed E-state index contributed by atoms with van der Waals surface area (Å²) in [6.45, 7) is 0. The number of aromatic hydroxyl groups is 1. The van der Waals surface area contributed by atoms with Crippen LogP contribution >= 0.6 is 0 Å². The molecule has 0 aliphatic rings. The van der Waals surface area contributed by atoms with Gasteiger partial charge in [0, 0.05) is 0 Å². The molecule has 0 bridgehead atoms. The molecule has 0 fully saturated rings. The first-order valence-electron chi connectivity index (χ1n) is 7.41. The fraction of sp³-hybridized carbons (Fsp3) is 0.0500. The van der Waals surface area contributed by atoms with Gasteiger partial charge in [0.05, 0.1) is 12.7 Å². The largest absolute Gasteiger partial charge is 0.508 e. The Morgan fingerprint density at radius 1 is 0.750 bits per heavy atom. The first kappa shape index (κ1) is 15.6. The van der Waals surface area contributed by atoms with Crippen LogP contribution in [0.25, 0.3) is 11.1 Å². The van der Waals surface area contributed by atoms with Gasteiger partial charge in [-0.2, -0.15) is 0 Å². The molecule has 24 heavy (non-hydrogen) atoms. The van der Waals surface area contributed by atoms with Crippen molar-refractivity contribution in [2.45, 2.75) is 0 Å². The zero-order chi connectivity index (χ0) is 16.9. The Kier molecular flexibility index (Phi) is 4.47. The van der Waals surface area contributed by atoms with Crippen LogP contribution in [0.15, 0.2) is 72.8 Å². The Hall–Kier alpha value is -3.27. The minimum absolute atomic E-state index is 0.107. The average Bonchev–Trinajstić information content (AvgIpc) is 2.63. The molecule has 120 valence electrons. The molecule has 0 spiro atoms. The quantitative estimate of drug-likeness (QED) is 0.575. The van der Waals surface area contributed by atoms with Gasteiger partial charge in [-0.1, -0.05) is 24.3 Å². The summed E-state index contributed by atoms with van der Waals surface area (Å²) >= 11 is 0. The first-order valence-corrected chi connectivity index (χ1v) is 7.41. The van der Waals surface area contributed by atoms with E-state index in [1.54, 1.807) is 19.2 Å². The summed E-state index contributed by atoms with van der Waals surface area (Å²) in [7, 11) is 1.63.